The van der Waals surface area contributed by atoms with Crippen LogP contribution in [-0.4, -0.2) is 30.3 Å². The number of rotatable bonds is 5. The van der Waals surface area contributed by atoms with E-state index in [1.54, 1.807) is 24.3 Å². The Morgan fingerprint density at radius 1 is 1.26 bits per heavy atom. The molecular weight excluding hydrogens is 288 g/mol. The third-order valence-electron chi connectivity index (χ3n) is 2.29. The number of aromatic nitrogens is 2. The maximum Gasteiger partial charge on any atom is 0.269 e. The molecule has 0 amide bonds. The smallest absolute Gasteiger partial charge is 0.269 e. The molecule has 0 bridgehead atoms. The summed E-state index contributed by atoms with van der Waals surface area (Å²) in [6.07, 6.45) is 0.508. The Bertz CT molecular complexity index is 652. The van der Waals surface area contributed by atoms with Crippen LogP contribution in [0.3, 0.4) is 0 Å². The SMILES string of the molecule is Nc1nnc(S(=O)(=O)NCCc2ccc(O)cc2)s1. The average molecular weight is 300 g/mol. The van der Waals surface area contributed by atoms with Gasteiger partial charge in [0.15, 0.2) is 0 Å². The quantitative estimate of drug-likeness (QED) is 0.733. The van der Waals surface area contributed by atoms with Gasteiger partial charge in [-0.05, 0) is 24.1 Å². The molecule has 9 heteroatoms. The molecule has 0 saturated heterocycles. The molecule has 0 aliphatic carbocycles. The van der Waals surface area contributed by atoms with Gasteiger partial charge in [0.25, 0.3) is 10.0 Å². The standard InChI is InChI=1S/C10H12N4O3S2/c11-9-13-14-10(18-9)19(16,17)12-6-5-7-1-3-8(15)4-2-7/h1-4,12,15H,5-6H2,(H2,11,13). The van der Waals surface area contributed by atoms with E-state index in [2.05, 4.69) is 14.9 Å². The second-order valence-electron chi connectivity index (χ2n) is 3.72. The first-order chi connectivity index (χ1) is 8.97. The van der Waals surface area contributed by atoms with Crippen LogP contribution in [0.15, 0.2) is 28.6 Å². The molecule has 2 aromatic rings. The molecule has 7 nitrogen and oxygen atoms in total. The minimum absolute atomic E-state index is 0.110. The molecule has 0 spiro atoms. The van der Waals surface area contributed by atoms with E-state index in [1.165, 1.54) is 0 Å². The molecular formula is C10H12N4O3S2. The first-order valence-corrected chi connectivity index (χ1v) is 7.64. The van der Waals surface area contributed by atoms with Gasteiger partial charge in [0.1, 0.15) is 5.75 Å². The van der Waals surface area contributed by atoms with E-state index in [4.69, 9.17) is 10.8 Å². The second kappa shape index (κ2) is 5.51. The third-order valence-corrected chi connectivity index (χ3v) is 4.87. The fourth-order valence-corrected chi connectivity index (χ4v) is 3.24. The molecule has 0 fully saturated rings. The molecule has 0 saturated carbocycles. The number of phenolic OH excluding ortho intramolecular Hbond substituents is 1. The van der Waals surface area contributed by atoms with Crippen LogP contribution in [0.2, 0.25) is 0 Å². The Balaban J connectivity index is 1.93. The van der Waals surface area contributed by atoms with E-state index in [0.29, 0.717) is 6.42 Å². The number of nitrogens with two attached hydrogens (primary N) is 1. The van der Waals surface area contributed by atoms with Crippen molar-refractivity contribution < 1.29 is 13.5 Å². The van der Waals surface area contributed by atoms with Crippen molar-refractivity contribution in [2.75, 3.05) is 12.3 Å². The Labute approximate surface area is 114 Å². The highest BCUT2D eigenvalue weighted by molar-refractivity contribution is 7.91. The zero-order chi connectivity index (χ0) is 13.9. The van der Waals surface area contributed by atoms with Crippen molar-refractivity contribution in [1.29, 1.82) is 0 Å². The van der Waals surface area contributed by atoms with Gasteiger partial charge in [0.2, 0.25) is 9.47 Å². The molecule has 0 atom stereocenters. The molecule has 1 heterocycles. The van der Waals surface area contributed by atoms with E-state index in [0.717, 1.165) is 16.9 Å². The fourth-order valence-electron chi connectivity index (χ4n) is 1.38. The van der Waals surface area contributed by atoms with Gasteiger partial charge < -0.3 is 10.8 Å². The monoisotopic (exact) mass is 300 g/mol. The van der Waals surface area contributed by atoms with Gasteiger partial charge in [0.05, 0.1) is 0 Å². The lowest BCUT2D eigenvalue weighted by Gasteiger charge is -2.03. The predicted molar refractivity (Wildman–Crippen MR) is 71.3 cm³/mol. The summed E-state index contributed by atoms with van der Waals surface area (Å²) in [6, 6.07) is 6.56. The summed E-state index contributed by atoms with van der Waals surface area (Å²) in [4.78, 5) is 0. The zero-order valence-electron chi connectivity index (χ0n) is 9.78. The summed E-state index contributed by atoms with van der Waals surface area (Å²) in [6.45, 7) is 0.229. The summed E-state index contributed by atoms with van der Waals surface area (Å²) in [5.41, 5.74) is 6.25. The highest BCUT2D eigenvalue weighted by atomic mass is 32.2. The van der Waals surface area contributed by atoms with Crippen molar-refractivity contribution in [3.8, 4) is 5.75 Å². The summed E-state index contributed by atoms with van der Waals surface area (Å²) < 4.78 is 25.9. The molecule has 19 heavy (non-hydrogen) atoms. The van der Waals surface area contributed by atoms with Crippen LogP contribution in [0.5, 0.6) is 5.75 Å². The number of nitrogens with one attached hydrogen (secondary N) is 1. The van der Waals surface area contributed by atoms with Crippen LogP contribution in [0, 0.1) is 0 Å². The Morgan fingerprint density at radius 2 is 1.95 bits per heavy atom. The fraction of sp³-hybridized carbons (Fsp3) is 0.200. The van der Waals surface area contributed by atoms with Gasteiger partial charge in [-0.3, -0.25) is 0 Å². The summed E-state index contributed by atoms with van der Waals surface area (Å²) >= 11 is 0.815. The first-order valence-electron chi connectivity index (χ1n) is 5.34. The van der Waals surface area contributed by atoms with E-state index < -0.39 is 10.0 Å². The topological polar surface area (TPSA) is 118 Å². The second-order valence-corrected chi connectivity index (χ2v) is 6.67. The maximum atomic E-state index is 11.8. The number of aromatic hydroxyl groups is 1. The van der Waals surface area contributed by atoms with Crippen LogP contribution in [0.4, 0.5) is 5.13 Å². The van der Waals surface area contributed by atoms with Gasteiger partial charge >= 0.3 is 0 Å². The van der Waals surface area contributed by atoms with Crippen LogP contribution < -0.4 is 10.5 Å². The van der Waals surface area contributed by atoms with Gasteiger partial charge in [-0.2, -0.15) is 0 Å². The number of anilines is 1. The number of hydrogen-bond acceptors (Lipinski definition) is 7. The lowest BCUT2D eigenvalue weighted by molar-refractivity contribution is 0.475. The summed E-state index contributed by atoms with van der Waals surface area (Å²) in [7, 11) is -3.65. The highest BCUT2D eigenvalue weighted by Crippen LogP contribution is 2.16. The predicted octanol–water partition coefficient (Wildman–Crippen LogP) is 0.347. The molecule has 0 aliphatic heterocycles. The molecule has 4 N–H and O–H groups in total. The van der Waals surface area contributed by atoms with Crippen molar-refractivity contribution >= 4 is 26.5 Å². The van der Waals surface area contributed by atoms with Gasteiger partial charge in [-0.15, -0.1) is 10.2 Å². The normalized spacial score (nSPS) is 11.6. The van der Waals surface area contributed by atoms with Crippen molar-refractivity contribution in [3.63, 3.8) is 0 Å². The van der Waals surface area contributed by atoms with Gasteiger partial charge in [0, 0.05) is 6.54 Å². The van der Waals surface area contributed by atoms with Crippen LogP contribution in [0.1, 0.15) is 5.56 Å². The largest absolute Gasteiger partial charge is 0.508 e. The maximum absolute atomic E-state index is 11.8. The Kier molecular flexibility index (Phi) is 3.98. The summed E-state index contributed by atoms with van der Waals surface area (Å²) in [5.74, 6) is 0.175. The lowest BCUT2D eigenvalue weighted by Crippen LogP contribution is -2.25. The highest BCUT2D eigenvalue weighted by Gasteiger charge is 2.18. The first kappa shape index (κ1) is 13.7. The van der Waals surface area contributed by atoms with Crippen molar-refractivity contribution in [1.82, 2.24) is 14.9 Å². The number of nitrogens with zero attached hydrogens (tertiary/aromatic N) is 2. The minimum atomic E-state index is -3.65. The molecule has 1 aromatic heterocycles. The molecule has 102 valence electrons. The van der Waals surface area contributed by atoms with E-state index in [-0.39, 0.29) is 21.8 Å². The van der Waals surface area contributed by atoms with Crippen molar-refractivity contribution in [3.05, 3.63) is 29.8 Å². The Morgan fingerprint density at radius 3 is 2.53 bits per heavy atom. The van der Waals surface area contributed by atoms with Gasteiger partial charge in [-0.25, -0.2) is 13.1 Å². The van der Waals surface area contributed by atoms with E-state index >= 15 is 0 Å². The minimum Gasteiger partial charge on any atom is -0.508 e. The number of benzene rings is 1. The molecule has 2 rings (SSSR count). The van der Waals surface area contributed by atoms with Crippen molar-refractivity contribution in [2.45, 2.75) is 10.8 Å². The van der Waals surface area contributed by atoms with Crippen molar-refractivity contribution in [2.24, 2.45) is 0 Å². The van der Waals surface area contributed by atoms with Crippen LogP contribution in [-0.2, 0) is 16.4 Å². The number of nitrogen functional groups attached to an aromatic ring is 1. The summed E-state index contributed by atoms with van der Waals surface area (Å²) in [5, 5.41) is 16.2. The van der Waals surface area contributed by atoms with E-state index in [9.17, 15) is 8.42 Å². The third kappa shape index (κ3) is 3.63. The molecule has 0 radical (unpaired) electrons. The van der Waals surface area contributed by atoms with Gasteiger partial charge in [-0.1, -0.05) is 23.5 Å². The Hall–Kier alpha value is -1.71. The zero-order valence-corrected chi connectivity index (χ0v) is 11.4. The van der Waals surface area contributed by atoms with Crippen LogP contribution in [0.25, 0.3) is 0 Å². The number of phenols is 1. The molecule has 0 unspecified atom stereocenters. The number of hydrogen-bond donors (Lipinski definition) is 3. The lowest BCUT2D eigenvalue weighted by atomic mass is 10.1. The molecule has 0 aliphatic rings. The number of sulfonamides is 1. The van der Waals surface area contributed by atoms with E-state index in [1.807, 2.05) is 0 Å². The average Bonchev–Trinajstić information content (AvgIpc) is 2.79. The molecule has 1 aromatic carbocycles. The van der Waals surface area contributed by atoms with Crippen LogP contribution >= 0.6 is 11.3 Å².